The van der Waals surface area contributed by atoms with Crippen LogP contribution in [0.2, 0.25) is 0 Å². The van der Waals surface area contributed by atoms with Crippen molar-refractivity contribution in [2.75, 3.05) is 5.73 Å². The van der Waals surface area contributed by atoms with Gasteiger partial charge in [-0.05, 0) is 35.7 Å². The van der Waals surface area contributed by atoms with Crippen LogP contribution < -0.4 is 5.73 Å². The number of hydrogen-bond acceptors (Lipinski definition) is 3. The summed E-state index contributed by atoms with van der Waals surface area (Å²) in [7, 11) is 0. The van der Waals surface area contributed by atoms with Crippen LogP contribution in [-0.2, 0) is 6.54 Å². The lowest BCUT2D eigenvalue weighted by Crippen LogP contribution is -1.97. The number of rotatable bonds is 2. The maximum atomic E-state index is 5.76. The molecule has 0 aliphatic rings. The lowest BCUT2D eigenvalue weighted by atomic mass is 10.2. The van der Waals surface area contributed by atoms with Crippen LogP contribution in [-0.4, -0.2) is 9.55 Å². The number of oxazole rings is 1. The summed E-state index contributed by atoms with van der Waals surface area (Å²) in [5.41, 5.74) is 9.20. The molecule has 0 saturated carbocycles. The first kappa shape index (κ1) is 11.1. The third kappa shape index (κ3) is 1.73. The summed E-state index contributed by atoms with van der Waals surface area (Å²) >= 11 is 0. The Kier molecular flexibility index (Phi) is 2.29. The number of para-hydroxylation sites is 1. The molecular formula is C16H13N3O. The molecule has 0 aliphatic carbocycles. The third-order valence-electron chi connectivity index (χ3n) is 3.44. The van der Waals surface area contributed by atoms with Crippen molar-refractivity contribution in [3.8, 4) is 0 Å². The van der Waals surface area contributed by atoms with Gasteiger partial charge < -0.3 is 14.7 Å². The summed E-state index contributed by atoms with van der Waals surface area (Å²) in [4.78, 5) is 4.49. The van der Waals surface area contributed by atoms with Gasteiger partial charge in [-0.15, -0.1) is 0 Å². The zero-order chi connectivity index (χ0) is 13.5. The second kappa shape index (κ2) is 4.13. The largest absolute Gasteiger partial charge is 0.439 e. The van der Waals surface area contributed by atoms with E-state index in [1.807, 2.05) is 36.5 Å². The highest BCUT2D eigenvalue weighted by atomic mass is 16.3. The summed E-state index contributed by atoms with van der Waals surface area (Å²) in [6, 6.07) is 15.9. The zero-order valence-electron chi connectivity index (χ0n) is 10.8. The second-order valence-electron chi connectivity index (χ2n) is 4.84. The van der Waals surface area contributed by atoms with Gasteiger partial charge in [-0.2, -0.15) is 0 Å². The first-order chi connectivity index (χ1) is 9.79. The predicted molar refractivity (Wildman–Crippen MR) is 79.5 cm³/mol. The molecule has 4 heteroatoms. The van der Waals surface area contributed by atoms with Crippen molar-refractivity contribution in [2.45, 2.75) is 6.54 Å². The fourth-order valence-corrected chi connectivity index (χ4v) is 2.48. The van der Waals surface area contributed by atoms with Crippen LogP contribution in [0.3, 0.4) is 0 Å². The minimum absolute atomic E-state index is 0.613. The Bertz CT molecular complexity index is 904. The summed E-state index contributed by atoms with van der Waals surface area (Å²) in [5, 5.41) is 1.22. The fraction of sp³-hybridized carbons (Fsp3) is 0.0625. The number of benzene rings is 2. The number of nitrogens with zero attached hydrogens (tertiary/aromatic N) is 2. The van der Waals surface area contributed by atoms with E-state index in [4.69, 9.17) is 10.2 Å². The van der Waals surface area contributed by atoms with E-state index < -0.39 is 0 Å². The van der Waals surface area contributed by atoms with Gasteiger partial charge in [0.2, 0.25) is 5.89 Å². The van der Waals surface area contributed by atoms with Gasteiger partial charge in [0, 0.05) is 17.4 Å². The Labute approximate surface area is 115 Å². The molecule has 0 saturated heterocycles. The molecule has 20 heavy (non-hydrogen) atoms. The van der Waals surface area contributed by atoms with Crippen LogP contribution >= 0.6 is 0 Å². The van der Waals surface area contributed by atoms with Gasteiger partial charge in [-0.1, -0.05) is 18.2 Å². The Hall–Kier alpha value is -2.75. The molecule has 2 N–H and O–H groups in total. The van der Waals surface area contributed by atoms with E-state index >= 15 is 0 Å². The molecule has 0 radical (unpaired) electrons. The monoisotopic (exact) mass is 263 g/mol. The maximum absolute atomic E-state index is 5.76. The van der Waals surface area contributed by atoms with Gasteiger partial charge in [0.15, 0.2) is 5.58 Å². The van der Waals surface area contributed by atoms with Crippen LogP contribution in [0.25, 0.3) is 22.0 Å². The highest BCUT2D eigenvalue weighted by Gasteiger charge is 2.08. The van der Waals surface area contributed by atoms with Crippen molar-refractivity contribution in [3.63, 3.8) is 0 Å². The quantitative estimate of drug-likeness (QED) is 0.564. The summed E-state index contributed by atoms with van der Waals surface area (Å²) in [6.07, 6.45) is 2.05. The number of fused-ring (bicyclic) bond motifs is 2. The van der Waals surface area contributed by atoms with Gasteiger partial charge in [0.25, 0.3) is 0 Å². The highest BCUT2D eigenvalue weighted by molar-refractivity contribution is 5.80. The van der Waals surface area contributed by atoms with E-state index in [-0.39, 0.29) is 0 Å². The molecule has 0 unspecified atom stereocenters. The standard InChI is InChI=1S/C16H13N3O/c17-12-5-6-15-13(9-12)18-16(20-15)10-19-8-7-11-3-1-2-4-14(11)19/h1-9H,10,17H2. The van der Waals surface area contributed by atoms with E-state index in [1.165, 1.54) is 10.9 Å². The number of nitrogens with two attached hydrogens (primary N) is 1. The predicted octanol–water partition coefficient (Wildman–Crippen LogP) is 3.41. The average molecular weight is 263 g/mol. The van der Waals surface area contributed by atoms with Crippen molar-refractivity contribution in [3.05, 3.63) is 60.6 Å². The lowest BCUT2D eigenvalue weighted by molar-refractivity contribution is 0.513. The Morgan fingerprint density at radius 3 is 2.95 bits per heavy atom. The van der Waals surface area contributed by atoms with Crippen LogP contribution in [0.5, 0.6) is 0 Å². The van der Waals surface area contributed by atoms with Crippen LogP contribution in [0.4, 0.5) is 5.69 Å². The molecule has 98 valence electrons. The minimum atomic E-state index is 0.613. The first-order valence-electron chi connectivity index (χ1n) is 6.48. The maximum Gasteiger partial charge on any atom is 0.215 e. The number of aromatic nitrogens is 2. The normalized spacial score (nSPS) is 11.4. The summed E-state index contributed by atoms with van der Waals surface area (Å²) < 4.78 is 7.89. The van der Waals surface area contributed by atoms with Gasteiger partial charge in [0.1, 0.15) is 5.52 Å². The van der Waals surface area contributed by atoms with Gasteiger partial charge in [-0.3, -0.25) is 0 Å². The molecule has 2 aromatic carbocycles. The minimum Gasteiger partial charge on any atom is -0.439 e. The van der Waals surface area contributed by atoms with Crippen molar-refractivity contribution >= 4 is 27.7 Å². The molecule has 4 aromatic rings. The van der Waals surface area contributed by atoms with Crippen molar-refractivity contribution in [1.29, 1.82) is 0 Å². The van der Waals surface area contributed by atoms with Gasteiger partial charge >= 0.3 is 0 Å². The Balaban J connectivity index is 1.76. The highest BCUT2D eigenvalue weighted by Crippen LogP contribution is 2.21. The van der Waals surface area contributed by atoms with E-state index in [9.17, 15) is 0 Å². The van der Waals surface area contributed by atoms with E-state index in [1.54, 1.807) is 0 Å². The molecule has 0 atom stereocenters. The molecule has 2 aromatic heterocycles. The van der Waals surface area contributed by atoms with Crippen LogP contribution in [0.15, 0.2) is 59.1 Å². The van der Waals surface area contributed by atoms with E-state index in [0.29, 0.717) is 18.1 Å². The van der Waals surface area contributed by atoms with Gasteiger partial charge in [0.05, 0.1) is 6.54 Å². The number of anilines is 1. The van der Waals surface area contributed by atoms with Crippen molar-refractivity contribution < 1.29 is 4.42 Å². The van der Waals surface area contributed by atoms with Crippen LogP contribution in [0, 0.1) is 0 Å². The van der Waals surface area contributed by atoms with Crippen molar-refractivity contribution in [2.24, 2.45) is 0 Å². The van der Waals surface area contributed by atoms with E-state index in [0.717, 1.165) is 11.1 Å². The third-order valence-corrected chi connectivity index (χ3v) is 3.44. The molecule has 0 aliphatic heterocycles. The van der Waals surface area contributed by atoms with E-state index in [2.05, 4.69) is 27.8 Å². The SMILES string of the molecule is Nc1ccc2oc(Cn3ccc4ccccc43)nc2c1. The number of nitrogen functional groups attached to an aromatic ring is 1. The molecule has 4 nitrogen and oxygen atoms in total. The fourth-order valence-electron chi connectivity index (χ4n) is 2.48. The molecule has 0 fully saturated rings. The summed E-state index contributed by atoms with van der Waals surface area (Å²) in [5.74, 6) is 0.687. The molecule has 0 amide bonds. The molecule has 4 rings (SSSR count). The molecule has 2 heterocycles. The average Bonchev–Trinajstić information content (AvgIpc) is 3.03. The Morgan fingerprint density at radius 2 is 2.00 bits per heavy atom. The molecule has 0 bridgehead atoms. The smallest absolute Gasteiger partial charge is 0.215 e. The second-order valence-corrected chi connectivity index (χ2v) is 4.84. The molecular weight excluding hydrogens is 250 g/mol. The van der Waals surface area contributed by atoms with Crippen molar-refractivity contribution in [1.82, 2.24) is 9.55 Å². The topological polar surface area (TPSA) is 57.0 Å². The number of hydrogen-bond donors (Lipinski definition) is 1. The zero-order valence-corrected chi connectivity index (χ0v) is 10.8. The van der Waals surface area contributed by atoms with Crippen LogP contribution in [0.1, 0.15) is 5.89 Å². The summed E-state index contributed by atoms with van der Waals surface area (Å²) in [6.45, 7) is 0.613. The first-order valence-corrected chi connectivity index (χ1v) is 6.48. The lowest BCUT2D eigenvalue weighted by Gasteiger charge is -2.01. The molecule has 0 spiro atoms. The van der Waals surface area contributed by atoms with Gasteiger partial charge in [-0.25, -0.2) is 4.98 Å². The Morgan fingerprint density at radius 1 is 1.10 bits per heavy atom.